The maximum Gasteiger partial charge on any atom is 0.261 e. The molecule has 24 heavy (non-hydrogen) atoms. The van der Waals surface area contributed by atoms with Gasteiger partial charge in [-0.15, -0.1) is 0 Å². The van der Waals surface area contributed by atoms with Crippen LogP contribution in [0.3, 0.4) is 0 Å². The normalized spacial score (nSPS) is 23.5. The minimum atomic E-state index is -0.623. The van der Waals surface area contributed by atoms with Gasteiger partial charge in [-0.05, 0) is 32.9 Å². The number of benzene rings is 1. The molecule has 130 valence electrons. The molecular formula is C18H25N3O3. The zero-order valence-corrected chi connectivity index (χ0v) is 14.5. The first-order valence-corrected chi connectivity index (χ1v) is 8.46. The van der Waals surface area contributed by atoms with E-state index >= 15 is 0 Å². The highest BCUT2D eigenvalue weighted by molar-refractivity contribution is 5.77. The number of nitrogens with zero attached hydrogens (tertiary/aromatic N) is 3. The van der Waals surface area contributed by atoms with Gasteiger partial charge in [0.1, 0.15) is 5.82 Å². The molecule has 3 atom stereocenters. The molecule has 2 heterocycles. The number of morpholine rings is 1. The van der Waals surface area contributed by atoms with Crippen molar-refractivity contribution in [2.24, 2.45) is 0 Å². The summed E-state index contributed by atoms with van der Waals surface area (Å²) in [4.78, 5) is 19.3. The van der Waals surface area contributed by atoms with Crippen LogP contribution in [0.25, 0.3) is 10.9 Å². The summed E-state index contributed by atoms with van der Waals surface area (Å²) in [5, 5.41) is 11.1. The van der Waals surface area contributed by atoms with Crippen LogP contribution >= 0.6 is 0 Å². The lowest BCUT2D eigenvalue weighted by Gasteiger charge is -2.36. The molecule has 1 aliphatic heterocycles. The lowest BCUT2D eigenvalue weighted by molar-refractivity contribution is -0.0773. The number of aliphatic hydroxyl groups is 1. The average molecular weight is 331 g/mol. The summed E-state index contributed by atoms with van der Waals surface area (Å²) >= 11 is 0. The molecule has 1 saturated heterocycles. The van der Waals surface area contributed by atoms with Crippen LogP contribution in [0, 0.1) is 6.92 Å². The smallest absolute Gasteiger partial charge is 0.261 e. The Morgan fingerprint density at radius 1 is 1.25 bits per heavy atom. The second-order valence-electron chi connectivity index (χ2n) is 6.72. The third kappa shape index (κ3) is 3.66. The number of ether oxygens (including phenoxy) is 1. The minimum Gasteiger partial charge on any atom is -0.390 e. The van der Waals surface area contributed by atoms with Gasteiger partial charge in [-0.2, -0.15) is 0 Å². The Hall–Kier alpha value is -1.76. The first kappa shape index (κ1) is 17.1. The van der Waals surface area contributed by atoms with E-state index in [9.17, 15) is 9.90 Å². The SMILES string of the molecule is Cc1nc2ccccc2c(=O)n1CC(O)CN1CC(C)OC(C)C1. The number of aromatic nitrogens is 2. The number of β-amino-alcohol motifs (C(OH)–C–C–N with tert-alkyl or cyclic N) is 1. The number of aryl methyl sites for hydroxylation is 1. The number of hydrogen-bond donors (Lipinski definition) is 1. The largest absolute Gasteiger partial charge is 0.390 e. The predicted octanol–water partition coefficient (Wildman–Crippen LogP) is 1.18. The highest BCUT2D eigenvalue weighted by atomic mass is 16.5. The van der Waals surface area contributed by atoms with E-state index in [1.807, 2.05) is 32.0 Å². The minimum absolute atomic E-state index is 0.0964. The molecule has 1 aromatic heterocycles. The van der Waals surface area contributed by atoms with Gasteiger partial charge in [0.05, 0.1) is 35.8 Å². The van der Waals surface area contributed by atoms with Gasteiger partial charge in [-0.25, -0.2) is 4.98 Å². The molecule has 2 aromatic rings. The molecule has 0 spiro atoms. The van der Waals surface area contributed by atoms with Crippen LogP contribution in [0.15, 0.2) is 29.1 Å². The van der Waals surface area contributed by atoms with E-state index in [-0.39, 0.29) is 24.3 Å². The summed E-state index contributed by atoms with van der Waals surface area (Å²) in [6.45, 7) is 8.25. The molecule has 0 radical (unpaired) electrons. The number of rotatable bonds is 4. The molecule has 1 aliphatic rings. The summed E-state index contributed by atoms with van der Waals surface area (Å²) in [5.74, 6) is 0.626. The Balaban J connectivity index is 1.76. The zero-order valence-electron chi connectivity index (χ0n) is 14.5. The molecular weight excluding hydrogens is 306 g/mol. The van der Waals surface area contributed by atoms with Crippen molar-refractivity contribution in [2.45, 2.75) is 45.6 Å². The van der Waals surface area contributed by atoms with Crippen molar-refractivity contribution in [1.82, 2.24) is 14.5 Å². The van der Waals surface area contributed by atoms with Gasteiger partial charge in [0.25, 0.3) is 5.56 Å². The van der Waals surface area contributed by atoms with Gasteiger partial charge < -0.3 is 9.84 Å². The molecule has 0 saturated carbocycles. The maximum atomic E-state index is 12.7. The van der Waals surface area contributed by atoms with E-state index in [0.29, 0.717) is 23.3 Å². The Morgan fingerprint density at radius 2 is 1.92 bits per heavy atom. The molecule has 0 bridgehead atoms. The number of para-hydroxylation sites is 1. The Morgan fingerprint density at radius 3 is 2.62 bits per heavy atom. The summed E-state index contributed by atoms with van der Waals surface area (Å²) in [5.41, 5.74) is 0.599. The molecule has 3 rings (SSSR count). The third-order valence-corrected chi connectivity index (χ3v) is 4.41. The maximum absolute atomic E-state index is 12.7. The molecule has 6 heteroatoms. The predicted molar refractivity (Wildman–Crippen MR) is 93.2 cm³/mol. The van der Waals surface area contributed by atoms with Crippen LogP contribution in [-0.2, 0) is 11.3 Å². The first-order valence-electron chi connectivity index (χ1n) is 8.46. The molecule has 1 fully saturated rings. The monoisotopic (exact) mass is 331 g/mol. The van der Waals surface area contributed by atoms with Crippen LogP contribution in [0.2, 0.25) is 0 Å². The van der Waals surface area contributed by atoms with Crippen LogP contribution in [0.5, 0.6) is 0 Å². The van der Waals surface area contributed by atoms with Crippen molar-refractivity contribution in [3.63, 3.8) is 0 Å². The van der Waals surface area contributed by atoms with Crippen molar-refractivity contribution in [2.75, 3.05) is 19.6 Å². The fourth-order valence-electron chi connectivity index (χ4n) is 3.49. The van der Waals surface area contributed by atoms with Crippen LogP contribution in [0.1, 0.15) is 19.7 Å². The zero-order chi connectivity index (χ0) is 17.3. The standard InChI is InChI=1S/C18H25N3O3/c1-12-8-20(9-13(2)24-12)10-15(22)11-21-14(3)19-17-7-5-4-6-16(17)18(21)23/h4-7,12-13,15,22H,8-11H2,1-3H3. The molecule has 0 aliphatic carbocycles. The van der Waals surface area contributed by atoms with Crippen LogP contribution in [-0.4, -0.2) is 57.5 Å². The summed E-state index contributed by atoms with van der Waals surface area (Å²) in [7, 11) is 0. The quantitative estimate of drug-likeness (QED) is 0.911. The fraction of sp³-hybridized carbons (Fsp3) is 0.556. The topological polar surface area (TPSA) is 67.6 Å². The fourth-order valence-corrected chi connectivity index (χ4v) is 3.49. The van der Waals surface area contributed by atoms with Crippen molar-refractivity contribution in [3.8, 4) is 0 Å². The van der Waals surface area contributed by atoms with E-state index in [1.54, 1.807) is 17.6 Å². The van der Waals surface area contributed by atoms with E-state index in [0.717, 1.165) is 13.1 Å². The third-order valence-electron chi connectivity index (χ3n) is 4.41. The van der Waals surface area contributed by atoms with E-state index in [2.05, 4.69) is 9.88 Å². The van der Waals surface area contributed by atoms with Gasteiger partial charge in [0.2, 0.25) is 0 Å². The van der Waals surface area contributed by atoms with Crippen LogP contribution < -0.4 is 5.56 Å². The molecule has 1 N–H and O–H groups in total. The number of aliphatic hydroxyl groups excluding tert-OH is 1. The second-order valence-corrected chi connectivity index (χ2v) is 6.72. The van der Waals surface area contributed by atoms with Crippen molar-refractivity contribution in [1.29, 1.82) is 0 Å². The molecule has 6 nitrogen and oxygen atoms in total. The molecule has 0 amide bonds. The second kappa shape index (κ2) is 7.01. The highest BCUT2D eigenvalue weighted by Gasteiger charge is 2.24. The average Bonchev–Trinajstić information content (AvgIpc) is 2.50. The Labute approximate surface area is 141 Å². The van der Waals surface area contributed by atoms with E-state index < -0.39 is 6.10 Å². The summed E-state index contributed by atoms with van der Waals surface area (Å²) in [6, 6.07) is 7.31. The van der Waals surface area contributed by atoms with E-state index in [1.165, 1.54) is 0 Å². The van der Waals surface area contributed by atoms with Crippen molar-refractivity contribution >= 4 is 10.9 Å². The number of fused-ring (bicyclic) bond motifs is 1. The highest BCUT2D eigenvalue weighted by Crippen LogP contribution is 2.12. The number of hydrogen-bond acceptors (Lipinski definition) is 5. The van der Waals surface area contributed by atoms with Gasteiger partial charge in [-0.3, -0.25) is 14.3 Å². The lowest BCUT2D eigenvalue weighted by Crippen LogP contribution is -2.48. The molecule has 3 unspecified atom stereocenters. The van der Waals surface area contributed by atoms with Gasteiger partial charge in [0, 0.05) is 19.6 Å². The summed E-state index contributed by atoms with van der Waals surface area (Å²) < 4.78 is 7.28. The first-order chi connectivity index (χ1) is 11.4. The Kier molecular flexibility index (Phi) is 4.99. The van der Waals surface area contributed by atoms with Crippen molar-refractivity contribution in [3.05, 3.63) is 40.4 Å². The lowest BCUT2D eigenvalue weighted by atomic mass is 10.2. The van der Waals surface area contributed by atoms with E-state index in [4.69, 9.17) is 4.74 Å². The Bertz CT molecular complexity index is 764. The van der Waals surface area contributed by atoms with Gasteiger partial charge in [-0.1, -0.05) is 12.1 Å². The van der Waals surface area contributed by atoms with Gasteiger partial charge in [0.15, 0.2) is 0 Å². The molecule has 1 aromatic carbocycles. The van der Waals surface area contributed by atoms with Gasteiger partial charge >= 0.3 is 0 Å². The summed E-state index contributed by atoms with van der Waals surface area (Å²) in [6.07, 6.45) is -0.303. The van der Waals surface area contributed by atoms with Crippen molar-refractivity contribution < 1.29 is 9.84 Å². The van der Waals surface area contributed by atoms with Crippen LogP contribution in [0.4, 0.5) is 0 Å².